The van der Waals surface area contributed by atoms with E-state index in [0.29, 0.717) is 17.5 Å². The lowest BCUT2D eigenvalue weighted by Crippen LogP contribution is -2.27. The third kappa shape index (κ3) is 3.99. The Hall–Kier alpha value is -3.17. The molecule has 0 radical (unpaired) electrons. The van der Waals surface area contributed by atoms with Crippen LogP contribution in [0.5, 0.6) is 0 Å². The van der Waals surface area contributed by atoms with Gasteiger partial charge in [-0.15, -0.1) is 0 Å². The lowest BCUT2D eigenvalue weighted by Gasteiger charge is -2.10. The van der Waals surface area contributed by atoms with Crippen LogP contribution < -0.4 is 10.9 Å². The number of rotatable bonds is 5. The van der Waals surface area contributed by atoms with Gasteiger partial charge in [-0.3, -0.25) is 9.59 Å². The fourth-order valence-electron chi connectivity index (χ4n) is 2.64. The number of nitrogens with zero attached hydrogens (tertiary/aromatic N) is 4. The maximum absolute atomic E-state index is 13.1. The first-order valence-electron chi connectivity index (χ1n) is 8.13. The summed E-state index contributed by atoms with van der Waals surface area (Å²) in [4.78, 5) is 27.9. The van der Waals surface area contributed by atoms with Crippen LogP contribution in [-0.4, -0.2) is 31.6 Å². The number of fused-ring (bicyclic) bond motifs is 1. The Morgan fingerprint density at radius 1 is 1.30 bits per heavy atom. The van der Waals surface area contributed by atoms with Gasteiger partial charge in [0.2, 0.25) is 5.56 Å². The van der Waals surface area contributed by atoms with Crippen molar-refractivity contribution in [3.8, 4) is 0 Å². The first-order chi connectivity index (χ1) is 12.8. The number of nitrogens with one attached hydrogen (secondary N) is 1. The molecule has 10 heteroatoms. The van der Waals surface area contributed by atoms with Crippen LogP contribution in [0, 0.1) is 6.92 Å². The highest BCUT2D eigenvalue weighted by atomic mass is 19.4. The molecule has 0 unspecified atom stereocenters. The Kier molecular flexibility index (Phi) is 4.98. The molecular formula is C17H16F3N5O2. The van der Waals surface area contributed by atoms with Crippen molar-refractivity contribution in [1.82, 2.24) is 24.5 Å². The van der Waals surface area contributed by atoms with Crippen molar-refractivity contribution in [2.75, 3.05) is 6.54 Å². The summed E-state index contributed by atoms with van der Waals surface area (Å²) in [5.41, 5.74) is -1.20. The average Bonchev–Trinajstić information content (AvgIpc) is 3.02. The van der Waals surface area contributed by atoms with Gasteiger partial charge in [-0.1, -0.05) is 6.07 Å². The predicted octanol–water partition coefficient (Wildman–Crippen LogP) is 2.04. The molecule has 142 valence electrons. The summed E-state index contributed by atoms with van der Waals surface area (Å²) < 4.78 is 41.5. The second-order valence-electron chi connectivity index (χ2n) is 5.92. The van der Waals surface area contributed by atoms with Crippen molar-refractivity contribution in [3.05, 3.63) is 64.0 Å². The quantitative estimate of drug-likeness (QED) is 0.688. The van der Waals surface area contributed by atoms with E-state index in [-0.39, 0.29) is 29.0 Å². The Morgan fingerprint density at radius 3 is 2.78 bits per heavy atom. The van der Waals surface area contributed by atoms with Gasteiger partial charge in [0, 0.05) is 31.0 Å². The molecule has 0 aliphatic heterocycles. The molecule has 0 aliphatic rings. The van der Waals surface area contributed by atoms with Crippen molar-refractivity contribution in [2.24, 2.45) is 0 Å². The van der Waals surface area contributed by atoms with Crippen LogP contribution in [0.25, 0.3) is 5.65 Å². The van der Waals surface area contributed by atoms with Crippen molar-refractivity contribution < 1.29 is 18.0 Å². The molecule has 0 fully saturated rings. The van der Waals surface area contributed by atoms with Gasteiger partial charge in [-0.05, 0) is 25.5 Å². The van der Waals surface area contributed by atoms with Crippen LogP contribution in [0.4, 0.5) is 13.2 Å². The van der Waals surface area contributed by atoms with Crippen LogP contribution in [0.3, 0.4) is 0 Å². The molecule has 0 aromatic carbocycles. The molecule has 1 N–H and O–H groups in total. The molecule has 1 amide bonds. The molecule has 0 spiro atoms. The number of amides is 1. The van der Waals surface area contributed by atoms with E-state index in [2.05, 4.69) is 15.4 Å². The number of alkyl halides is 3. The highest BCUT2D eigenvalue weighted by Gasteiger charge is 2.35. The molecule has 0 saturated heterocycles. The lowest BCUT2D eigenvalue weighted by molar-refractivity contribution is -0.142. The highest BCUT2D eigenvalue weighted by Crippen LogP contribution is 2.30. The van der Waals surface area contributed by atoms with Crippen molar-refractivity contribution >= 4 is 11.6 Å². The molecule has 0 saturated carbocycles. The van der Waals surface area contributed by atoms with Crippen LogP contribution in [0.2, 0.25) is 0 Å². The van der Waals surface area contributed by atoms with Gasteiger partial charge in [0.05, 0.1) is 6.20 Å². The third-order valence-corrected chi connectivity index (χ3v) is 3.90. The van der Waals surface area contributed by atoms with Crippen molar-refractivity contribution in [2.45, 2.75) is 26.1 Å². The zero-order valence-corrected chi connectivity index (χ0v) is 14.3. The SMILES string of the molecule is Cc1cc(C(F)(F)F)n2ncc(C(=O)NCCCn3ccccc3=O)c2n1. The second-order valence-corrected chi connectivity index (χ2v) is 5.92. The molecule has 0 atom stereocenters. The first-order valence-corrected chi connectivity index (χ1v) is 8.13. The number of hydrogen-bond acceptors (Lipinski definition) is 4. The minimum absolute atomic E-state index is 0.0407. The van der Waals surface area contributed by atoms with Gasteiger partial charge in [-0.25, -0.2) is 9.50 Å². The van der Waals surface area contributed by atoms with E-state index in [9.17, 15) is 22.8 Å². The number of halogens is 3. The van der Waals surface area contributed by atoms with Crippen molar-refractivity contribution in [3.63, 3.8) is 0 Å². The fourth-order valence-corrected chi connectivity index (χ4v) is 2.64. The molecule has 3 aromatic rings. The van der Waals surface area contributed by atoms with Gasteiger partial charge in [0.1, 0.15) is 11.3 Å². The monoisotopic (exact) mass is 379 g/mol. The fraction of sp³-hybridized carbons (Fsp3) is 0.294. The zero-order valence-electron chi connectivity index (χ0n) is 14.3. The third-order valence-electron chi connectivity index (χ3n) is 3.90. The van der Waals surface area contributed by atoms with E-state index in [1.165, 1.54) is 17.6 Å². The van der Waals surface area contributed by atoms with Gasteiger partial charge in [0.25, 0.3) is 5.91 Å². The Morgan fingerprint density at radius 2 is 2.07 bits per heavy atom. The van der Waals surface area contributed by atoms with E-state index in [1.807, 2.05) is 0 Å². The molecule has 3 aromatic heterocycles. The van der Waals surface area contributed by atoms with Gasteiger partial charge < -0.3 is 9.88 Å². The topological polar surface area (TPSA) is 81.3 Å². The summed E-state index contributed by atoms with van der Waals surface area (Å²) in [5.74, 6) is -0.573. The summed E-state index contributed by atoms with van der Waals surface area (Å²) in [5, 5.41) is 6.28. The maximum Gasteiger partial charge on any atom is 0.433 e. The summed E-state index contributed by atoms with van der Waals surface area (Å²) in [6.45, 7) is 2.07. The molecule has 0 aliphatic carbocycles. The van der Waals surface area contributed by atoms with Gasteiger partial charge >= 0.3 is 6.18 Å². The number of carbonyl (C=O) groups excluding carboxylic acids is 1. The largest absolute Gasteiger partial charge is 0.433 e. The molecular weight excluding hydrogens is 363 g/mol. The molecule has 0 bridgehead atoms. The number of aryl methyl sites for hydroxylation is 2. The molecule has 3 heterocycles. The minimum atomic E-state index is -4.62. The standard InChI is InChI=1S/C17H16F3N5O2/c1-11-9-13(17(18,19)20)25-15(23-11)12(10-22-25)16(27)21-6-4-8-24-7-3-2-5-14(24)26/h2-3,5,7,9-10H,4,6,8H2,1H3,(H,21,27). The first kappa shape index (κ1) is 18.6. The van der Waals surface area contributed by atoms with Crippen LogP contribution in [-0.2, 0) is 12.7 Å². The number of pyridine rings is 1. The smallest absolute Gasteiger partial charge is 0.352 e. The Labute approximate surface area is 151 Å². The Bertz CT molecular complexity index is 1040. The average molecular weight is 379 g/mol. The van der Waals surface area contributed by atoms with Crippen LogP contribution in [0.15, 0.2) is 41.5 Å². The Balaban J connectivity index is 1.72. The molecule has 3 rings (SSSR count). The number of aromatic nitrogens is 4. The van der Waals surface area contributed by atoms with Crippen LogP contribution >= 0.6 is 0 Å². The summed E-state index contributed by atoms with van der Waals surface area (Å²) in [6.07, 6.45) is -1.43. The molecule has 7 nitrogen and oxygen atoms in total. The van der Waals surface area contributed by atoms with Crippen LogP contribution in [0.1, 0.15) is 28.2 Å². The number of hydrogen-bond donors (Lipinski definition) is 1. The predicted molar refractivity (Wildman–Crippen MR) is 90.4 cm³/mol. The summed E-state index contributed by atoms with van der Waals surface area (Å²) >= 11 is 0. The van der Waals surface area contributed by atoms with E-state index < -0.39 is 17.8 Å². The van der Waals surface area contributed by atoms with E-state index in [0.717, 1.165) is 12.3 Å². The van der Waals surface area contributed by atoms with Gasteiger partial charge in [0.15, 0.2) is 5.65 Å². The van der Waals surface area contributed by atoms with E-state index >= 15 is 0 Å². The van der Waals surface area contributed by atoms with Crippen molar-refractivity contribution in [1.29, 1.82) is 0 Å². The lowest BCUT2D eigenvalue weighted by atomic mass is 10.2. The number of carbonyl (C=O) groups is 1. The summed E-state index contributed by atoms with van der Waals surface area (Å²) in [6, 6.07) is 5.67. The van der Waals surface area contributed by atoms with E-state index in [1.54, 1.807) is 18.3 Å². The maximum atomic E-state index is 13.1. The van der Waals surface area contributed by atoms with E-state index in [4.69, 9.17) is 0 Å². The van der Waals surface area contributed by atoms with Gasteiger partial charge in [-0.2, -0.15) is 18.3 Å². The normalized spacial score (nSPS) is 11.7. The second kappa shape index (κ2) is 7.22. The minimum Gasteiger partial charge on any atom is -0.352 e. The summed E-state index contributed by atoms with van der Waals surface area (Å²) in [7, 11) is 0. The molecule has 27 heavy (non-hydrogen) atoms. The zero-order chi connectivity index (χ0) is 19.6. The highest BCUT2D eigenvalue weighted by molar-refractivity contribution is 5.99.